The van der Waals surface area contributed by atoms with Crippen LogP contribution in [0.1, 0.15) is 21.5 Å². The number of rotatable bonds is 4. The molecule has 7 heteroatoms. The van der Waals surface area contributed by atoms with Gasteiger partial charge in [-0.2, -0.15) is 0 Å². The van der Waals surface area contributed by atoms with E-state index in [-0.39, 0.29) is 11.6 Å². The van der Waals surface area contributed by atoms with Gasteiger partial charge in [0.25, 0.3) is 11.6 Å². The van der Waals surface area contributed by atoms with Gasteiger partial charge in [-0.15, -0.1) is 0 Å². The molecule has 2 aromatic carbocycles. The fourth-order valence-electron chi connectivity index (χ4n) is 2.91. The molecule has 0 saturated carbocycles. The molecule has 1 fully saturated rings. The van der Waals surface area contributed by atoms with E-state index in [0.717, 1.165) is 11.1 Å². The number of aryl methyl sites for hydroxylation is 2. The highest BCUT2D eigenvalue weighted by molar-refractivity contribution is 6.04. The normalized spacial score (nSPS) is 14.2. The second-order valence-electron chi connectivity index (χ2n) is 6.31. The van der Waals surface area contributed by atoms with Crippen LogP contribution >= 0.6 is 0 Å². The van der Waals surface area contributed by atoms with Crippen molar-refractivity contribution in [2.45, 2.75) is 13.8 Å². The van der Waals surface area contributed by atoms with E-state index >= 15 is 0 Å². The van der Waals surface area contributed by atoms with E-state index in [9.17, 15) is 14.9 Å². The predicted octanol–water partition coefficient (Wildman–Crippen LogP) is 3.30. The van der Waals surface area contributed by atoms with E-state index < -0.39 is 4.92 Å². The first kappa shape index (κ1) is 17.9. The maximum atomic E-state index is 12.4. The maximum absolute atomic E-state index is 12.4. The number of nitro benzene ring substituents is 1. The number of nitrogens with one attached hydrogen (secondary N) is 1. The average Bonchev–Trinajstić information content (AvgIpc) is 2.64. The highest BCUT2D eigenvalue weighted by atomic mass is 16.6. The van der Waals surface area contributed by atoms with Gasteiger partial charge in [0, 0.05) is 30.4 Å². The molecule has 26 heavy (non-hydrogen) atoms. The summed E-state index contributed by atoms with van der Waals surface area (Å²) in [4.78, 5) is 25.4. The topological polar surface area (TPSA) is 84.7 Å². The van der Waals surface area contributed by atoms with Crippen LogP contribution in [-0.4, -0.2) is 37.1 Å². The molecule has 1 aliphatic rings. The van der Waals surface area contributed by atoms with Crippen molar-refractivity contribution in [3.63, 3.8) is 0 Å². The number of ether oxygens (including phenoxy) is 1. The average molecular weight is 355 g/mol. The fraction of sp³-hybridized carbons (Fsp3) is 0.316. The zero-order valence-corrected chi connectivity index (χ0v) is 14.8. The minimum Gasteiger partial charge on any atom is -0.378 e. The molecule has 0 aliphatic carbocycles. The lowest BCUT2D eigenvalue weighted by Gasteiger charge is -2.28. The smallest absolute Gasteiger partial charge is 0.294 e. The van der Waals surface area contributed by atoms with Crippen LogP contribution in [0.2, 0.25) is 0 Å². The van der Waals surface area contributed by atoms with Crippen molar-refractivity contribution in [1.82, 2.24) is 0 Å². The maximum Gasteiger partial charge on any atom is 0.294 e. The third-order valence-electron chi connectivity index (χ3n) is 4.55. The standard InChI is InChI=1S/C19H21N3O4/c1-13-3-4-15(11-14(13)2)19(23)20-16-5-6-17(18(12-16)22(24)25)21-7-9-26-10-8-21/h3-6,11-12H,7-10H2,1-2H3,(H,20,23). The van der Waals surface area contributed by atoms with Crippen LogP contribution in [0.3, 0.4) is 0 Å². The second-order valence-corrected chi connectivity index (χ2v) is 6.31. The van der Waals surface area contributed by atoms with E-state index in [2.05, 4.69) is 5.32 Å². The molecule has 1 saturated heterocycles. The minimum absolute atomic E-state index is 0.0233. The molecule has 7 nitrogen and oxygen atoms in total. The summed E-state index contributed by atoms with van der Waals surface area (Å²) >= 11 is 0. The number of carbonyl (C=O) groups is 1. The van der Waals surface area contributed by atoms with Crippen LogP contribution in [0.25, 0.3) is 0 Å². The predicted molar refractivity (Wildman–Crippen MR) is 100.0 cm³/mol. The Kier molecular flexibility index (Phi) is 5.18. The Morgan fingerprint density at radius 1 is 1.12 bits per heavy atom. The van der Waals surface area contributed by atoms with E-state index in [1.54, 1.807) is 24.3 Å². The first-order valence-electron chi connectivity index (χ1n) is 8.45. The highest BCUT2D eigenvalue weighted by Gasteiger charge is 2.22. The molecule has 2 aromatic rings. The number of morpholine rings is 1. The molecule has 3 rings (SSSR count). The van der Waals surface area contributed by atoms with Gasteiger partial charge in [-0.3, -0.25) is 14.9 Å². The summed E-state index contributed by atoms with van der Waals surface area (Å²) in [5.74, 6) is -0.290. The zero-order chi connectivity index (χ0) is 18.7. The number of anilines is 2. The van der Waals surface area contributed by atoms with E-state index in [1.807, 2.05) is 24.8 Å². The number of hydrogen-bond acceptors (Lipinski definition) is 5. The summed E-state index contributed by atoms with van der Waals surface area (Å²) in [7, 11) is 0. The third kappa shape index (κ3) is 3.83. The summed E-state index contributed by atoms with van der Waals surface area (Å²) < 4.78 is 5.30. The number of nitrogens with zero attached hydrogens (tertiary/aromatic N) is 2. The Morgan fingerprint density at radius 3 is 2.50 bits per heavy atom. The van der Waals surface area contributed by atoms with Crippen molar-refractivity contribution >= 4 is 23.0 Å². The molecule has 0 bridgehead atoms. The van der Waals surface area contributed by atoms with Gasteiger partial charge in [-0.1, -0.05) is 6.07 Å². The molecule has 1 N–H and O–H groups in total. The number of benzene rings is 2. The quantitative estimate of drug-likeness (QED) is 0.672. The molecule has 136 valence electrons. The number of hydrogen-bond donors (Lipinski definition) is 1. The first-order chi connectivity index (χ1) is 12.5. The van der Waals surface area contributed by atoms with Crippen LogP contribution in [0.15, 0.2) is 36.4 Å². The van der Waals surface area contributed by atoms with Crippen LogP contribution in [0.4, 0.5) is 17.1 Å². The summed E-state index contributed by atoms with van der Waals surface area (Å²) in [5, 5.41) is 14.2. The van der Waals surface area contributed by atoms with Crippen molar-refractivity contribution in [2.24, 2.45) is 0 Å². The molecule has 1 amide bonds. The van der Waals surface area contributed by atoms with Crippen LogP contribution in [0.5, 0.6) is 0 Å². The van der Waals surface area contributed by atoms with Crippen molar-refractivity contribution < 1.29 is 14.5 Å². The van der Waals surface area contributed by atoms with E-state index in [1.165, 1.54) is 6.07 Å². The van der Waals surface area contributed by atoms with Gasteiger partial charge >= 0.3 is 0 Å². The monoisotopic (exact) mass is 355 g/mol. The third-order valence-corrected chi connectivity index (χ3v) is 4.55. The number of carbonyl (C=O) groups excluding carboxylic acids is 1. The number of nitro groups is 1. The summed E-state index contributed by atoms with van der Waals surface area (Å²) in [5.41, 5.74) is 3.57. The lowest BCUT2D eigenvalue weighted by Crippen LogP contribution is -2.36. The van der Waals surface area contributed by atoms with Gasteiger partial charge in [0.15, 0.2) is 0 Å². The largest absolute Gasteiger partial charge is 0.378 e. The van der Waals surface area contributed by atoms with Gasteiger partial charge in [-0.05, 0) is 49.2 Å². The van der Waals surface area contributed by atoms with Crippen LogP contribution in [-0.2, 0) is 4.74 Å². The molecule has 0 unspecified atom stereocenters. The Labute approximate surface area is 151 Å². The molecule has 0 atom stereocenters. The molecule has 1 aliphatic heterocycles. The SMILES string of the molecule is Cc1ccc(C(=O)Nc2ccc(N3CCOCC3)c([N+](=O)[O-])c2)cc1C. The minimum atomic E-state index is -0.420. The molecule has 0 radical (unpaired) electrons. The van der Waals surface area contributed by atoms with Gasteiger partial charge in [0.2, 0.25) is 0 Å². The van der Waals surface area contributed by atoms with Gasteiger partial charge in [-0.25, -0.2) is 0 Å². The van der Waals surface area contributed by atoms with Crippen molar-refractivity contribution in [1.29, 1.82) is 0 Å². The highest BCUT2D eigenvalue weighted by Crippen LogP contribution is 2.31. The van der Waals surface area contributed by atoms with E-state index in [4.69, 9.17) is 4.74 Å². The number of amides is 1. The van der Waals surface area contributed by atoms with Crippen LogP contribution < -0.4 is 10.2 Å². The van der Waals surface area contributed by atoms with E-state index in [0.29, 0.717) is 43.2 Å². The second kappa shape index (κ2) is 7.53. The molecule has 0 aromatic heterocycles. The summed E-state index contributed by atoms with van der Waals surface area (Å²) in [6, 6.07) is 10.2. The lowest BCUT2D eigenvalue weighted by atomic mass is 10.1. The molecule has 1 heterocycles. The van der Waals surface area contributed by atoms with Gasteiger partial charge in [0.1, 0.15) is 5.69 Å². The molecular weight excluding hydrogens is 334 g/mol. The fourth-order valence-corrected chi connectivity index (χ4v) is 2.91. The zero-order valence-electron chi connectivity index (χ0n) is 14.8. The van der Waals surface area contributed by atoms with Crippen molar-refractivity contribution in [2.75, 3.05) is 36.5 Å². The molecular formula is C19H21N3O4. The Bertz CT molecular complexity index is 845. The summed E-state index contributed by atoms with van der Waals surface area (Å²) in [6.07, 6.45) is 0. The Balaban J connectivity index is 1.83. The van der Waals surface area contributed by atoms with Gasteiger partial charge < -0.3 is 15.0 Å². The van der Waals surface area contributed by atoms with Gasteiger partial charge in [0.05, 0.1) is 18.1 Å². The van der Waals surface area contributed by atoms with Crippen molar-refractivity contribution in [3.05, 3.63) is 63.2 Å². The van der Waals surface area contributed by atoms with Crippen molar-refractivity contribution in [3.8, 4) is 0 Å². The molecule has 0 spiro atoms. The Morgan fingerprint density at radius 2 is 1.85 bits per heavy atom. The Hall–Kier alpha value is -2.93. The summed E-state index contributed by atoms with van der Waals surface area (Å²) in [6.45, 7) is 6.22. The lowest BCUT2D eigenvalue weighted by molar-refractivity contribution is -0.384. The van der Waals surface area contributed by atoms with Crippen LogP contribution in [0, 0.1) is 24.0 Å². The first-order valence-corrected chi connectivity index (χ1v) is 8.45.